The summed E-state index contributed by atoms with van der Waals surface area (Å²) in [6, 6.07) is 7.95. The fraction of sp³-hybridized carbons (Fsp3) is 0.375. The van der Waals surface area contributed by atoms with Crippen molar-refractivity contribution in [2.75, 3.05) is 13.2 Å². The van der Waals surface area contributed by atoms with E-state index in [1.807, 2.05) is 29.6 Å². The molecule has 1 aliphatic rings. The number of ether oxygens (including phenoxy) is 1. The normalized spacial score (nSPS) is 21.1. The number of thiophene rings is 1. The molecule has 1 fully saturated rings. The van der Waals surface area contributed by atoms with E-state index in [0.29, 0.717) is 13.0 Å². The minimum atomic E-state index is -0.924. The van der Waals surface area contributed by atoms with Crippen LogP contribution in [0, 0.1) is 0 Å². The van der Waals surface area contributed by atoms with Crippen molar-refractivity contribution in [3.63, 3.8) is 0 Å². The van der Waals surface area contributed by atoms with Crippen LogP contribution in [0.4, 0.5) is 0 Å². The molecule has 116 valence electrons. The molecule has 0 bridgehead atoms. The third-order valence-corrected chi connectivity index (χ3v) is 4.92. The number of aliphatic carboxylic acids is 1. The number of hydrogen-bond acceptors (Lipinski definition) is 4. The number of carbonyl (C=O) groups excluding carboxylic acids is 1. The van der Waals surface area contributed by atoms with Crippen molar-refractivity contribution in [1.82, 2.24) is 5.32 Å². The third kappa shape index (κ3) is 3.13. The zero-order valence-corrected chi connectivity index (χ0v) is 12.8. The van der Waals surface area contributed by atoms with Gasteiger partial charge < -0.3 is 15.2 Å². The lowest BCUT2D eigenvalue weighted by molar-refractivity contribution is -0.139. The Kier molecular flexibility index (Phi) is 4.13. The number of carboxylic acids is 1. The molecule has 1 aromatic carbocycles. The minimum absolute atomic E-state index is 0.108. The predicted octanol–water partition coefficient (Wildman–Crippen LogP) is 2.19. The second-order valence-electron chi connectivity index (χ2n) is 5.64. The van der Waals surface area contributed by atoms with E-state index in [2.05, 4.69) is 5.32 Å². The molecule has 22 heavy (non-hydrogen) atoms. The van der Waals surface area contributed by atoms with Gasteiger partial charge in [-0.15, -0.1) is 11.3 Å². The molecule has 6 heteroatoms. The zero-order chi connectivity index (χ0) is 15.6. The summed E-state index contributed by atoms with van der Waals surface area (Å²) >= 11 is 1.61. The van der Waals surface area contributed by atoms with Crippen molar-refractivity contribution in [1.29, 1.82) is 0 Å². The largest absolute Gasteiger partial charge is 0.481 e. The molecule has 2 heterocycles. The van der Waals surface area contributed by atoms with Crippen LogP contribution in [-0.4, -0.2) is 35.7 Å². The number of carbonyl (C=O) groups is 2. The Bertz CT molecular complexity index is 703. The van der Waals surface area contributed by atoms with Crippen LogP contribution in [0.3, 0.4) is 0 Å². The highest BCUT2D eigenvalue weighted by atomic mass is 32.1. The van der Waals surface area contributed by atoms with Crippen LogP contribution in [0.25, 0.3) is 10.1 Å². The maximum Gasteiger partial charge on any atom is 0.305 e. The summed E-state index contributed by atoms with van der Waals surface area (Å²) in [6.45, 7) is 0.740. The monoisotopic (exact) mass is 319 g/mol. The second kappa shape index (κ2) is 6.06. The van der Waals surface area contributed by atoms with Gasteiger partial charge in [-0.25, -0.2) is 0 Å². The van der Waals surface area contributed by atoms with Crippen LogP contribution < -0.4 is 5.32 Å². The molecular weight excluding hydrogens is 302 g/mol. The molecule has 1 aromatic heterocycles. The number of fused-ring (bicyclic) bond motifs is 1. The fourth-order valence-electron chi connectivity index (χ4n) is 2.86. The number of rotatable bonds is 5. The van der Waals surface area contributed by atoms with E-state index < -0.39 is 11.5 Å². The smallest absolute Gasteiger partial charge is 0.305 e. The van der Waals surface area contributed by atoms with E-state index in [-0.39, 0.29) is 25.4 Å². The van der Waals surface area contributed by atoms with Gasteiger partial charge in [-0.1, -0.05) is 18.2 Å². The van der Waals surface area contributed by atoms with Crippen LogP contribution in [0.1, 0.15) is 18.4 Å². The summed E-state index contributed by atoms with van der Waals surface area (Å²) in [5.74, 6) is -1.08. The molecule has 0 saturated carbocycles. The Hall–Kier alpha value is -1.92. The maximum atomic E-state index is 12.3. The van der Waals surface area contributed by atoms with Gasteiger partial charge in [-0.3, -0.25) is 9.59 Å². The molecule has 0 spiro atoms. The van der Waals surface area contributed by atoms with E-state index in [4.69, 9.17) is 9.84 Å². The summed E-state index contributed by atoms with van der Waals surface area (Å²) in [7, 11) is 0. The van der Waals surface area contributed by atoms with Crippen LogP contribution in [-0.2, 0) is 20.7 Å². The Morgan fingerprint density at radius 3 is 2.91 bits per heavy atom. The molecule has 1 saturated heterocycles. The molecule has 5 nitrogen and oxygen atoms in total. The first-order valence-corrected chi connectivity index (χ1v) is 8.02. The molecule has 1 aliphatic heterocycles. The first-order chi connectivity index (χ1) is 10.6. The molecule has 1 unspecified atom stereocenters. The Morgan fingerprint density at radius 2 is 2.18 bits per heavy atom. The highest BCUT2D eigenvalue weighted by molar-refractivity contribution is 7.17. The molecule has 0 aliphatic carbocycles. The molecule has 2 N–H and O–H groups in total. The SMILES string of the molecule is O=C(O)CC1(NC(=O)Cc2csc3ccccc23)CCOC1. The van der Waals surface area contributed by atoms with Crippen molar-refractivity contribution < 1.29 is 19.4 Å². The number of hydrogen-bond donors (Lipinski definition) is 2. The van der Waals surface area contributed by atoms with Crippen LogP contribution in [0.5, 0.6) is 0 Å². The molecule has 1 amide bonds. The lowest BCUT2D eigenvalue weighted by Crippen LogP contribution is -2.51. The van der Waals surface area contributed by atoms with Crippen molar-refractivity contribution in [2.45, 2.75) is 24.8 Å². The Morgan fingerprint density at radius 1 is 1.36 bits per heavy atom. The topological polar surface area (TPSA) is 75.6 Å². The molecule has 0 radical (unpaired) electrons. The maximum absolute atomic E-state index is 12.3. The number of nitrogens with one attached hydrogen (secondary N) is 1. The van der Waals surface area contributed by atoms with Gasteiger partial charge in [0.05, 0.1) is 25.0 Å². The number of carboxylic acid groups (broad SMARTS) is 1. The van der Waals surface area contributed by atoms with E-state index >= 15 is 0 Å². The van der Waals surface area contributed by atoms with E-state index in [1.165, 1.54) is 0 Å². The van der Waals surface area contributed by atoms with Crippen molar-refractivity contribution in [3.05, 3.63) is 35.2 Å². The first kappa shape index (κ1) is 15.0. The van der Waals surface area contributed by atoms with Crippen LogP contribution in [0.2, 0.25) is 0 Å². The van der Waals surface area contributed by atoms with Gasteiger partial charge in [0, 0.05) is 11.3 Å². The van der Waals surface area contributed by atoms with Gasteiger partial charge in [-0.2, -0.15) is 0 Å². The van der Waals surface area contributed by atoms with Crippen molar-refractivity contribution in [2.24, 2.45) is 0 Å². The lowest BCUT2D eigenvalue weighted by Gasteiger charge is -2.27. The van der Waals surface area contributed by atoms with E-state index in [0.717, 1.165) is 15.6 Å². The molecule has 1 atom stereocenters. The van der Waals surface area contributed by atoms with Gasteiger partial charge in [0.1, 0.15) is 0 Å². The van der Waals surface area contributed by atoms with Gasteiger partial charge in [0.2, 0.25) is 5.91 Å². The highest BCUT2D eigenvalue weighted by Gasteiger charge is 2.38. The minimum Gasteiger partial charge on any atom is -0.481 e. The van der Waals surface area contributed by atoms with Gasteiger partial charge >= 0.3 is 5.97 Å². The Labute approximate surface area is 131 Å². The third-order valence-electron chi connectivity index (χ3n) is 3.91. The molecular formula is C16H17NO4S. The summed E-state index contributed by atoms with van der Waals surface area (Å²) < 4.78 is 6.44. The second-order valence-corrected chi connectivity index (χ2v) is 6.55. The molecule has 2 aromatic rings. The average Bonchev–Trinajstić information content (AvgIpc) is 3.06. The summed E-state index contributed by atoms with van der Waals surface area (Å²) in [5, 5.41) is 15.0. The highest BCUT2D eigenvalue weighted by Crippen LogP contribution is 2.27. The van der Waals surface area contributed by atoms with Gasteiger partial charge in [0.15, 0.2) is 0 Å². The van der Waals surface area contributed by atoms with E-state index in [9.17, 15) is 9.59 Å². The van der Waals surface area contributed by atoms with E-state index in [1.54, 1.807) is 11.3 Å². The van der Waals surface area contributed by atoms with Crippen LogP contribution in [0.15, 0.2) is 29.6 Å². The molecule has 3 rings (SSSR count). The lowest BCUT2D eigenvalue weighted by atomic mass is 9.94. The first-order valence-electron chi connectivity index (χ1n) is 7.14. The summed E-state index contributed by atoms with van der Waals surface area (Å²) in [6.07, 6.45) is 0.684. The van der Waals surface area contributed by atoms with Gasteiger partial charge in [0.25, 0.3) is 0 Å². The van der Waals surface area contributed by atoms with Crippen molar-refractivity contribution in [3.8, 4) is 0 Å². The fourth-order valence-corrected chi connectivity index (χ4v) is 3.82. The average molecular weight is 319 g/mol. The number of amides is 1. The van der Waals surface area contributed by atoms with Crippen molar-refractivity contribution >= 4 is 33.3 Å². The Balaban J connectivity index is 1.72. The number of benzene rings is 1. The quantitative estimate of drug-likeness (QED) is 0.886. The van der Waals surface area contributed by atoms with Gasteiger partial charge in [-0.05, 0) is 28.8 Å². The van der Waals surface area contributed by atoms with Crippen LogP contribution >= 0.6 is 11.3 Å². The zero-order valence-electron chi connectivity index (χ0n) is 12.0. The predicted molar refractivity (Wildman–Crippen MR) is 84.1 cm³/mol. The summed E-state index contributed by atoms with van der Waals surface area (Å²) in [5.41, 5.74) is 0.205. The standard InChI is InChI=1S/C16H17NO4S/c18-14(17-16(8-15(19)20)5-6-21-10-16)7-11-9-22-13-4-2-1-3-12(11)13/h1-4,9H,5-8,10H2,(H,17,18)(H,19,20). The summed E-state index contributed by atoms with van der Waals surface area (Å²) in [4.78, 5) is 23.4.